The van der Waals surface area contributed by atoms with E-state index in [4.69, 9.17) is 4.74 Å². The number of ether oxygens (including phenoxy) is 1. The first-order chi connectivity index (χ1) is 13.7. The van der Waals surface area contributed by atoms with Crippen molar-refractivity contribution in [2.75, 3.05) is 44.6 Å². The molecule has 0 aliphatic carbocycles. The van der Waals surface area contributed by atoms with Gasteiger partial charge in [-0.1, -0.05) is 30.3 Å². The van der Waals surface area contributed by atoms with E-state index in [0.717, 1.165) is 62.8 Å². The van der Waals surface area contributed by atoms with Crippen molar-refractivity contribution in [3.05, 3.63) is 47.7 Å². The molecule has 1 aromatic carbocycles. The molecule has 2 fully saturated rings. The lowest BCUT2D eigenvalue weighted by molar-refractivity contribution is 0.0571. The Kier molecular flexibility index (Phi) is 5.92. The van der Waals surface area contributed by atoms with Crippen LogP contribution in [-0.2, 0) is 11.3 Å². The average Bonchev–Trinajstić information content (AvgIpc) is 3.33. The Morgan fingerprint density at radius 1 is 1.21 bits per heavy atom. The van der Waals surface area contributed by atoms with Gasteiger partial charge in [-0.15, -0.1) is 0 Å². The van der Waals surface area contributed by atoms with Crippen LogP contribution in [0.25, 0.3) is 0 Å². The van der Waals surface area contributed by atoms with Crippen molar-refractivity contribution in [1.29, 1.82) is 0 Å². The number of benzene rings is 1. The summed E-state index contributed by atoms with van der Waals surface area (Å²) in [5.74, 6) is 0.744. The normalized spacial score (nSPS) is 20.5. The predicted molar refractivity (Wildman–Crippen MR) is 109 cm³/mol. The van der Waals surface area contributed by atoms with Gasteiger partial charge in [0.2, 0.25) is 0 Å². The third-order valence-electron chi connectivity index (χ3n) is 5.46. The van der Waals surface area contributed by atoms with Gasteiger partial charge in [0, 0.05) is 45.4 Å². The summed E-state index contributed by atoms with van der Waals surface area (Å²) in [5, 5.41) is 7.59. The van der Waals surface area contributed by atoms with E-state index >= 15 is 0 Å². The number of amides is 2. The predicted octanol–water partition coefficient (Wildman–Crippen LogP) is 2.57. The number of aryl methyl sites for hydroxylation is 1. The molecule has 0 bridgehead atoms. The van der Waals surface area contributed by atoms with Crippen molar-refractivity contribution >= 4 is 11.8 Å². The second-order valence-corrected chi connectivity index (χ2v) is 7.67. The molecule has 1 atom stereocenters. The molecule has 7 nitrogen and oxygen atoms in total. The molecule has 0 radical (unpaired) electrons. The first-order valence-corrected chi connectivity index (χ1v) is 10.2. The molecule has 0 spiro atoms. The van der Waals surface area contributed by atoms with E-state index in [-0.39, 0.29) is 6.03 Å². The summed E-state index contributed by atoms with van der Waals surface area (Å²) in [4.78, 5) is 17.1. The van der Waals surface area contributed by atoms with Gasteiger partial charge >= 0.3 is 6.03 Å². The number of nitrogens with zero attached hydrogens (tertiary/aromatic N) is 4. The maximum Gasteiger partial charge on any atom is 0.323 e. The Morgan fingerprint density at radius 3 is 2.71 bits per heavy atom. The van der Waals surface area contributed by atoms with E-state index in [0.29, 0.717) is 12.6 Å². The Bertz CT molecular complexity index is 777. The van der Waals surface area contributed by atoms with Gasteiger partial charge in [-0.3, -0.25) is 10.2 Å². The maximum atomic E-state index is 12.8. The number of rotatable bonds is 5. The minimum absolute atomic E-state index is 0.0500. The summed E-state index contributed by atoms with van der Waals surface area (Å²) < 4.78 is 7.59. The standard InChI is InChI=1S/C21H29N5O2/c1-17-14-20(26(23-17)15-18-6-3-2-4-7-18)22-21(27)25-11-9-24(10-12-25)16-19-8-5-13-28-19/h2-4,6-7,14,19H,5,8-13,15-16H2,1H3,(H,22,27)/t19-/m1/s1. The molecule has 2 aromatic rings. The number of hydrogen-bond acceptors (Lipinski definition) is 4. The Labute approximate surface area is 166 Å². The molecule has 2 saturated heterocycles. The van der Waals surface area contributed by atoms with Gasteiger partial charge in [-0.25, -0.2) is 9.48 Å². The molecule has 2 aliphatic heterocycles. The third kappa shape index (κ3) is 4.72. The minimum Gasteiger partial charge on any atom is -0.377 e. The fraction of sp³-hybridized carbons (Fsp3) is 0.524. The first-order valence-electron chi connectivity index (χ1n) is 10.2. The van der Waals surface area contributed by atoms with E-state index in [2.05, 4.69) is 27.4 Å². The number of piperazine rings is 1. The summed E-state index contributed by atoms with van der Waals surface area (Å²) in [6.07, 6.45) is 2.70. The topological polar surface area (TPSA) is 62.6 Å². The highest BCUT2D eigenvalue weighted by Gasteiger charge is 2.25. The number of nitrogens with one attached hydrogen (secondary N) is 1. The van der Waals surface area contributed by atoms with Gasteiger partial charge in [-0.2, -0.15) is 5.10 Å². The molecule has 2 aliphatic rings. The molecule has 4 rings (SSSR count). The summed E-state index contributed by atoms with van der Waals surface area (Å²) in [5.41, 5.74) is 2.05. The van der Waals surface area contributed by atoms with Gasteiger partial charge in [0.15, 0.2) is 0 Å². The zero-order valence-corrected chi connectivity index (χ0v) is 16.5. The van der Waals surface area contributed by atoms with Crippen LogP contribution in [0.15, 0.2) is 36.4 Å². The van der Waals surface area contributed by atoms with Gasteiger partial charge in [0.1, 0.15) is 5.82 Å². The summed E-state index contributed by atoms with van der Waals surface area (Å²) in [7, 11) is 0. The number of carbonyl (C=O) groups excluding carboxylic acids is 1. The van der Waals surface area contributed by atoms with E-state index in [1.54, 1.807) is 0 Å². The van der Waals surface area contributed by atoms with E-state index in [9.17, 15) is 4.79 Å². The SMILES string of the molecule is Cc1cc(NC(=O)N2CCN(C[C@H]3CCCO3)CC2)n(Cc2ccccc2)n1. The quantitative estimate of drug-likeness (QED) is 0.862. The monoisotopic (exact) mass is 383 g/mol. The highest BCUT2D eigenvalue weighted by Crippen LogP contribution is 2.16. The van der Waals surface area contributed by atoms with Crippen LogP contribution in [0, 0.1) is 6.92 Å². The molecule has 150 valence electrons. The Morgan fingerprint density at radius 2 is 2.00 bits per heavy atom. The first kappa shape index (κ1) is 19.0. The van der Waals surface area contributed by atoms with Crippen LogP contribution in [-0.4, -0.2) is 71.0 Å². The summed E-state index contributed by atoms with van der Waals surface area (Å²) >= 11 is 0. The minimum atomic E-state index is -0.0500. The smallest absolute Gasteiger partial charge is 0.323 e. The lowest BCUT2D eigenvalue weighted by Crippen LogP contribution is -2.51. The molecule has 7 heteroatoms. The van der Waals surface area contributed by atoms with E-state index in [1.807, 2.05) is 40.8 Å². The van der Waals surface area contributed by atoms with Gasteiger partial charge in [0.05, 0.1) is 18.3 Å². The highest BCUT2D eigenvalue weighted by molar-refractivity contribution is 5.88. The molecular formula is C21H29N5O2. The van der Waals surface area contributed by atoms with Crippen LogP contribution in [0.1, 0.15) is 24.1 Å². The molecule has 2 amide bonds. The van der Waals surface area contributed by atoms with Crippen molar-refractivity contribution in [3.63, 3.8) is 0 Å². The molecule has 1 N–H and O–H groups in total. The zero-order valence-electron chi connectivity index (χ0n) is 16.5. The van der Waals surface area contributed by atoms with Crippen molar-refractivity contribution in [3.8, 4) is 0 Å². The number of anilines is 1. The lowest BCUT2D eigenvalue weighted by atomic mass is 10.2. The fourth-order valence-corrected chi connectivity index (χ4v) is 3.92. The number of hydrogen-bond donors (Lipinski definition) is 1. The van der Waals surface area contributed by atoms with Crippen molar-refractivity contribution in [1.82, 2.24) is 19.6 Å². The lowest BCUT2D eigenvalue weighted by Gasteiger charge is -2.35. The van der Waals surface area contributed by atoms with Gasteiger partial charge < -0.3 is 9.64 Å². The fourth-order valence-electron chi connectivity index (χ4n) is 3.92. The second kappa shape index (κ2) is 8.75. The molecule has 1 aromatic heterocycles. The maximum absolute atomic E-state index is 12.8. The summed E-state index contributed by atoms with van der Waals surface area (Å²) in [6.45, 7) is 7.74. The third-order valence-corrected chi connectivity index (χ3v) is 5.46. The summed E-state index contributed by atoms with van der Waals surface area (Å²) in [6, 6.07) is 12.0. The molecule has 0 saturated carbocycles. The van der Waals surface area contributed by atoms with Crippen LogP contribution in [0.2, 0.25) is 0 Å². The average molecular weight is 383 g/mol. The second-order valence-electron chi connectivity index (χ2n) is 7.67. The van der Waals surface area contributed by atoms with Gasteiger partial charge in [-0.05, 0) is 25.3 Å². The van der Waals surface area contributed by atoms with Crippen LogP contribution in [0.5, 0.6) is 0 Å². The van der Waals surface area contributed by atoms with E-state index < -0.39 is 0 Å². The van der Waals surface area contributed by atoms with E-state index in [1.165, 1.54) is 6.42 Å². The largest absolute Gasteiger partial charge is 0.377 e. The number of carbonyl (C=O) groups is 1. The Balaban J connectivity index is 1.31. The van der Waals surface area contributed by atoms with Crippen molar-refractivity contribution < 1.29 is 9.53 Å². The van der Waals surface area contributed by atoms with Crippen molar-refractivity contribution in [2.24, 2.45) is 0 Å². The molecule has 0 unspecified atom stereocenters. The molecule has 3 heterocycles. The Hall–Kier alpha value is -2.38. The molecular weight excluding hydrogens is 354 g/mol. The number of aromatic nitrogens is 2. The molecule has 28 heavy (non-hydrogen) atoms. The highest BCUT2D eigenvalue weighted by atomic mass is 16.5. The van der Waals surface area contributed by atoms with Gasteiger partial charge in [0.25, 0.3) is 0 Å². The number of urea groups is 1. The van der Waals surface area contributed by atoms with Crippen LogP contribution < -0.4 is 5.32 Å². The van der Waals surface area contributed by atoms with Crippen LogP contribution >= 0.6 is 0 Å². The zero-order chi connectivity index (χ0) is 19.3. The van der Waals surface area contributed by atoms with Crippen LogP contribution in [0.3, 0.4) is 0 Å². The van der Waals surface area contributed by atoms with Crippen molar-refractivity contribution in [2.45, 2.75) is 32.4 Å². The van der Waals surface area contributed by atoms with Crippen LogP contribution in [0.4, 0.5) is 10.6 Å².